The van der Waals surface area contributed by atoms with Crippen LogP contribution < -0.4 is 0 Å². The summed E-state index contributed by atoms with van der Waals surface area (Å²) in [5.74, 6) is -1.64. The molecule has 0 saturated heterocycles. The molecular weight excluding hydrogens is 928 g/mol. The molecule has 0 radical (unpaired) electrons. The number of esters is 3. The van der Waals surface area contributed by atoms with E-state index in [2.05, 4.69) is 106 Å². The van der Waals surface area contributed by atoms with Crippen molar-refractivity contribution in [3.05, 3.63) is 109 Å². The molecule has 0 spiro atoms. The number of phosphoric ester groups is 1. The Morgan fingerprint density at radius 3 is 1.17 bits per heavy atom. The lowest BCUT2D eigenvalue weighted by Crippen LogP contribution is -2.30. The molecule has 0 aliphatic carbocycles. The van der Waals surface area contributed by atoms with Crippen molar-refractivity contribution in [2.24, 2.45) is 0 Å². The van der Waals surface area contributed by atoms with E-state index in [-0.39, 0.29) is 19.3 Å². The summed E-state index contributed by atoms with van der Waals surface area (Å²) >= 11 is 0. The minimum absolute atomic E-state index is 0.0703. The number of hydrogen-bond acceptors (Lipinski definition) is 10. The van der Waals surface area contributed by atoms with Crippen molar-refractivity contribution < 1.29 is 52.2 Å². The zero-order valence-electron chi connectivity index (χ0n) is 45.1. The fourth-order valence-electron chi connectivity index (χ4n) is 7.05. The van der Waals surface area contributed by atoms with Gasteiger partial charge in [-0.05, 0) is 83.5 Å². The van der Waals surface area contributed by atoms with E-state index in [0.717, 1.165) is 77.0 Å². The summed E-state index contributed by atoms with van der Waals surface area (Å²) < 4.78 is 39.3. The standard InChI is InChI=1S/C60H99O11P/c1-4-7-10-13-16-19-22-25-27-28-30-33-36-39-42-45-48-51-60(64)71-57(53-67-58(62)49-46-43-40-37-34-31-24-21-18-15-12-9-6-3)55-69-72(65,66)68-54-56(52-61)70-59(63)50-47-44-41-38-35-32-29-26-23-20-17-14-11-8-5-2/h7,9-10,12,16,18-19,21,25,27,30-31,33-34,39-40,42-43,56-57,61H,4-6,8,11,13-15,17,20,22-24,26,28-29,32,35-38,41,44-55H2,1-3H3,(H,65,66)/b10-7-,12-9-,19-16-,21-18-,27-25-,33-30-,34-31-,42-39-,43-40-. The third kappa shape index (κ3) is 51.1. The second-order valence-electron chi connectivity index (χ2n) is 18.0. The lowest BCUT2D eigenvalue weighted by Gasteiger charge is -2.21. The fraction of sp³-hybridized carbons (Fsp3) is 0.650. The van der Waals surface area contributed by atoms with Crippen LogP contribution in [0.1, 0.15) is 213 Å². The Bertz CT molecular complexity index is 1620. The maximum Gasteiger partial charge on any atom is 0.472 e. The molecule has 0 aliphatic heterocycles. The summed E-state index contributed by atoms with van der Waals surface area (Å²) in [6.45, 7) is 4.26. The Morgan fingerprint density at radius 1 is 0.403 bits per heavy atom. The van der Waals surface area contributed by atoms with Crippen LogP contribution in [0.3, 0.4) is 0 Å². The molecule has 0 aromatic heterocycles. The van der Waals surface area contributed by atoms with Crippen molar-refractivity contribution in [1.82, 2.24) is 0 Å². The van der Waals surface area contributed by atoms with Crippen molar-refractivity contribution in [2.45, 2.75) is 226 Å². The molecule has 0 aromatic rings. The van der Waals surface area contributed by atoms with E-state index in [1.807, 2.05) is 24.3 Å². The second-order valence-corrected chi connectivity index (χ2v) is 19.4. The van der Waals surface area contributed by atoms with Gasteiger partial charge in [-0.15, -0.1) is 0 Å². The average molecular weight is 1030 g/mol. The van der Waals surface area contributed by atoms with Gasteiger partial charge in [0.05, 0.1) is 19.8 Å². The van der Waals surface area contributed by atoms with Crippen molar-refractivity contribution in [3.8, 4) is 0 Å². The largest absolute Gasteiger partial charge is 0.472 e. The molecule has 0 heterocycles. The van der Waals surface area contributed by atoms with Crippen molar-refractivity contribution in [3.63, 3.8) is 0 Å². The Kier molecular flexibility index (Phi) is 50.6. The molecule has 0 aliphatic rings. The molecule has 0 aromatic carbocycles. The predicted molar refractivity (Wildman–Crippen MR) is 297 cm³/mol. The zero-order valence-corrected chi connectivity index (χ0v) is 46.0. The number of carbonyl (C=O) groups excluding carboxylic acids is 3. The van der Waals surface area contributed by atoms with Gasteiger partial charge < -0.3 is 24.2 Å². The highest BCUT2D eigenvalue weighted by Crippen LogP contribution is 2.43. The van der Waals surface area contributed by atoms with Crippen LogP contribution in [0.15, 0.2) is 109 Å². The molecule has 11 nitrogen and oxygen atoms in total. The molecule has 12 heteroatoms. The average Bonchev–Trinajstić information content (AvgIpc) is 3.37. The topological polar surface area (TPSA) is 155 Å². The van der Waals surface area contributed by atoms with Gasteiger partial charge in [-0.2, -0.15) is 0 Å². The minimum Gasteiger partial charge on any atom is -0.462 e. The normalized spacial score (nSPS) is 14.2. The molecule has 3 atom stereocenters. The predicted octanol–water partition coefficient (Wildman–Crippen LogP) is 16.2. The second kappa shape index (κ2) is 53.4. The van der Waals surface area contributed by atoms with Gasteiger partial charge in [0.15, 0.2) is 6.10 Å². The maximum atomic E-state index is 12.9. The number of unbranched alkanes of at least 4 members (excludes halogenated alkanes) is 15. The van der Waals surface area contributed by atoms with Crippen molar-refractivity contribution >= 4 is 25.7 Å². The molecule has 0 fully saturated rings. The van der Waals surface area contributed by atoms with E-state index in [1.165, 1.54) is 70.6 Å². The number of allylic oxidation sites excluding steroid dienone is 18. The van der Waals surface area contributed by atoms with Crippen LogP contribution in [0.25, 0.3) is 0 Å². The molecular formula is C60H99O11P. The molecule has 72 heavy (non-hydrogen) atoms. The van der Waals surface area contributed by atoms with Crippen LogP contribution in [0, 0.1) is 0 Å². The van der Waals surface area contributed by atoms with Crippen molar-refractivity contribution in [2.75, 3.05) is 26.4 Å². The lowest BCUT2D eigenvalue weighted by atomic mass is 10.0. The molecule has 0 bridgehead atoms. The molecule has 3 unspecified atom stereocenters. The first kappa shape index (κ1) is 68.1. The first-order valence-corrected chi connectivity index (χ1v) is 29.3. The van der Waals surface area contributed by atoms with E-state index in [1.54, 1.807) is 0 Å². The van der Waals surface area contributed by atoms with Crippen LogP contribution in [0.5, 0.6) is 0 Å². The molecule has 410 valence electrons. The first-order valence-electron chi connectivity index (χ1n) is 27.8. The van der Waals surface area contributed by atoms with Gasteiger partial charge in [-0.25, -0.2) is 4.57 Å². The van der Waals surface area contributed by atoms with Gasteiger partial charge in [0.1, 0.15) is 12.7 Å². The zero-order chi connectivity index (χ0) is 52.7. The van der Waals surface area contributed by atoms with E-state index in [4.69, 9.17) is 23.3 Å². The Hall–Kier alpha value is -3.86. The molecule has 0 rings (SSSR count). The van der Waals surface area contributed by atoms with Crippen LogP contribution in [0.4, 0.5) is 0 Å². The summed E-state index contributed by atoms with van der Waals surface area (Å²) in [5, 5.41) is 9.80. The van der Waals surface area contributed by atoms with Gasteiger partial charge in [0.2, 0.25) is 0 Å². The summed E-state index contributed by atoms with van der Waals surface area (Å²) in [4.78, 5) is 48.4. The van der Waals surface area contributed by atoms with E-state index < -0.39 is 64.4 Å². The van der Waals surface area contributed by atoms with Gasteiger partial charge in [0.25, 0.3) is 0 Å². The molecule has 0 saturated carbocycles. The fourth-order valence-corrected chi connectivity index (χ4v) is 7.84. The summed E-state index contributed by atoms with van der Waals surface area (Å²) in [5.41, 5.74) is 0. The summed E-state index contributed by atoms with van der Waals surface area (Å²) in [6.07, 6.45) is 63.6. The molecule has 2 N–H and O–H groups in total. The number of carbonyl (C=O) groups is 3. The minimum atomic E-state index is -4.78. The van der Waals surface area contributed by atoms with Crippen LogP contribution >= 0.6 is 7.82 Å². The van der Waals surface area contributed by atoms with Crippen LogP contribution in [0.2, 0.25) is 0 Å². The summed E-state index contributed by atoms with van der Waals surface area (Å²) in [7, 11) is -4.78. The highest BCUT2D eigenvalue weighted by molar-refractivity contribution is 7.47. The Morgan fingerprint density at radius 2 is 0.750 bits per heavy atom. The van der Waals surface area contributed by atoms with Gasteiger partial charge >= 0.3 is 25.7 Å². The highest BCUT2D eigenvalue weighted by Gasteiger charge is 2.28. The van der Waals surface area contributed by atoms with Crippen LogP contribution in [-0.4, -0.2) is 66.5 Å². The lowest BCUT2D eigenvalue weighted by molar-refractivity contribution is -0.161. The van der Waals surface area contributed by atoms with Crippen LogP contribution in [-0.2, 0) is 42.2 Å². The third-order valence-electron chi connectivity index (χ3n) is 11.2. The number of ether oxygens (including phenoxy) is 3. The van der Waals surface area contributed by atoms with E-state index in [9.17, 15) is 28.9 Å². The first-order chi connectivity index (χ1) is 35.2. The number of hydrogen-bond donors (Lipinski definition) is 2. The summed E-state index contributed by atoms with van der Waals surface area (Å²) in [6, 6.07) is 0. The number of aliphatic hydroxyl groups is 1. The maximum absolute atomic E-state index is 12.9. The number of rotatable bonds is 50. The monoisotopic (exact) mass is 1030 g/mol. The smallest absolute Gasteiger partial charge is 0.462 e. The SMILES string of the molecule is CC/C=C\C/C=C\C/C=C\C/C=C\C/C=C\CCCC(=O)OC(COC(=O)CC/C=C\C/C=C\C/C=C\C/C=C\CC)COP(=O)(O)OCC(CO)OC(=O)CCCCCCCCCCCCCCCCC. The Labute approximate surface area is 437 Å². The quantitative estimate of drug-likeness (QED) is 0.0197. The Balaban J connectivity index is 4.87. The van der Waals surface area contributed by atoms with Crippen molar-refractivity contribution in [1.29, 1.82) is 0 Å². The van der Waals surface area contributed by atoms with Gasteiger partial charge in [-0.3, -0.25) is 23.4 Å². The number of aliphatic hydroxyl groups excluding tert-OH is 1. The highest BCUT2D eigenvalue weighted by atomic mass is 31.2. The third-order valence-corrected chi connectivity index (χ3v) is 12.2. The van der Waals surface area contributed by atoms with Gasteiger partial charge in [-0.1, -0.05) is 220 Å². The number of phosphoric acid groups is 1. The van der Waals surface area contributed by atoms with E-state index in [0.29, 0.717) is 25.7 Å². The van der Waals surface area contributed by atoms with Gasteiger partial charge in [0, 0.05) is 19.3 Å². The molecule has 0 amide bonds. The van der Waals surface area contributed by atoms with E-state index >= 15 is 0 Å².